The molecule has 2 aromatic heterocycles. The van der Waals surface area contributed by atoms with Crippen molar-refractivity contribution in [2.24, 2.45) is 0 Å². The molecule has 1 fully saturated rings. The van der Waals surface area contributed by atoms with Gasteiger partial charge < -0.3 is 9.64 Å². The summed E-state index contributed by atoms with van der Waals surface area (Å²) in [5, 5.41) is 9.11. The zero-order chi connectivity index (χ0) is 29.0. The third-order valence-corrected chi connectivity index (χ3v) is 7.96. The highest BCUT2D eigenvalue weighted by molar-refractivity contribution is 6.30. The summed E-state index contributed by atoms with van der Waals surface area (Å²) in [6.45, 7) is 2.93. The molecule has 0 N–H and O–H groups in total. The number of nitrogens with zero attached hydrogens (tertiary/aromatic N) is 6. The Kier molecular flexibility index (Phi) is 7.18. The van der Waals surface area contributed by atoms with Gasteiger partial charge in [-0.2, -0.15) is 26.3 Å². The Labute approximate surface area is 231 Å². The summed E-state index contributed by atoms with van der Waals surface area (Å²) in [6.07, 6.45) is -8.06. The molecule has 0 aliphatic carbocycles. The highest BCUT2D eigenvalue weighted by atomic mass is 35.5. The first-order valence-electron chi connectivity index (χ1n) is 12.6. The van der Waals surface area contributed by atoms with Gasteiger partial charge in [0.25, 0.3) is 0 Å². The van der Waals surface area contributed by atoms with E-state index in [2.05, 4.69) is 15.2 Å². The van der Waals surface area contributed by atoms with Crippen molar-refractivity contribution in [2.75, 3.05) is 25.1 Å². The lowest BCUT2D eigenvalue weighted by atomic mass is 9.95. The van der Waals surface area contributed by atoms with Gasteiger partial charge in [-0.25, -0.2) is 4.98 Å². The van der Waals surface area contributed by atoms with Gasteiger partial charge in [-0.15, -0.1) is 10.2 Å². The van der Waals surface area contributed by atoms with Gasteiger partial charge in [-0.05, 0) is 62.6 Å². The first kappa shape index (κ1) is 28.5. The maximum absolute atomic E-state index is 14.0. The molecule has 0 saturated carbocycles. The van der Waals surface area contributed by atoms with Crippen LogP contribution in [0.4, 0.5) is 32.2 Å². The Morgan fingerprint density at radius 1 is 0.950 bits per heavy atom. The van der Waals surface area contributed by atoms with E-state index < -0.39 is 23.6 Å². The summed E-state index contributed by atoms with van der Waals surface area (Å²) in [5.74, 6) is 1.17. The van der Waals surface area contributed by atoms with Gasteiger partial charge in [-0.3, -0.25) is 9.47 Å². The Hall–Kier alpha value is -3.06. The van der Waals surface area contributed by atoms with Crippen molar-refractivity contribution in [3.05, 3.63) is 58.3 Å². The largest absolute Gasteiger partial charge is 0.493 e. The number of halogens is 7. The van der Waals surface area contributed by atoms with Crippen molar-refractivity contribution >= 4 is 17.4 Å². The molecule has 5 rings (SSSR count). The van der Waals surface area contributed by atoms with Gasteiger partial charge in [0.15, 0.2) is 17.4 Å². The van der Waals surface area contributed by atoms with Crippen LogP contribution in [0.15, 0.2) is 30.3 Å². The number of hydrogen-bond acceptors (Lipinski definition) is 6. The van der Waals surface area contributed by atoms with Crippen molar-refractivity contribution in [3.63, 3.8) is 0 Å². The summed E-state index contributed by atoms with van der Waals surface area (Å²) in [4.78, 5) is 6.89. The monoisotopic (exact) mass is 588 g/mol. The minimum Gasteiger partial charge on any atom is -0.493 e. The molecule has 0 amide bonds. The van der Waals surface area contributed by atoms with Crippen molar-refractivity contribution in [1.29, 1.82) is 0 Å². The SMILES string of the molecule is COc1ccc(C(F)(F)F)nc1N1CCC(c2nnc3n2-c2ccc(Cl)cc2CN(C(C)(C)C(F)(F)F)C3)CC1. The van der Waals surface area contributed by atoms with Crippen LogP contribution in [0.2, 0.25) is 5.02 Å². The van der Waals surface area contributed by atoms with E-state index in [1.807, 2.05) is 4.57 Å². The molecule has 4 heterocycles. The molecular formula is C26H27ClF6N6O. The second kappa shape index (κ2) is 10.1. The molecule has 3 aromatic rings. The first-order valence-corrected chi connectivity index (χ1v) is 13.0. The Balaban J connectivity index is 1.46. The molecule has 0 atom stereocenters. The molecule has 7 nitrogen and oxygen atoms in total. The van der Waals surface area contributed by atoms with Crippen LogP contribution in [0.5, 0.6) is 5.75 Å². The Morgan fingerprint density at radius 2 is 1.65 bits per heavy atom. The summed E-state index contributed by atoms with van der Waals surface area (Å²) < 4.78 is 89.0. The fraction of sp³-hybridized carbons (Fsp3) is 0.500. The quantitative estimate of drug-likeness (QED) is 0.330. The lowest BCUT2D eigenvalue weighted by molar-refractivity contribution is -0.224. The predicted molar refractivity (Wildman–Crippen MR) is 136 cm³/mol. The Morgan fingerprint density at radius 3 is 2.27 bits per heavy atom. The minimum absolute atomic E-state index is 0.00462. The number of ether oxygens (including phenoxy) is 1. The van der Waals surface area contributed by atoms with E-state index in [9.17, 15) is 26.3 Å². The smallest absolute Gasteiger partial charge is 0.433 e. The van der Waals surface area contributed by atoms with Crippen LogP contribution >= 0.6 is 11.6 Å². The van der Waals surface area contributed by atoms with Gasteiger partial charge in [0, 0.05) is 30.6 Å². The van der Waals surface area contributed by atoms with E-state index in [4.69, 9.17) is 16.3 Å². The average molecular weight is 589 g/mol. The summed E-state index contributed by atoms with van der Waals surface area (Å²) in [7, 11) is 1.37. The molecule has 0 bridgehead atoms. The number of aromatic nitrogens is 4. The maximum atomic E-state index is 14.0. The van der Waals surface area contributed by atoms with Gasteiger partial charge >= 0.3 is 12.4 Å². The van der Waals surface area contributed by atoms with Crippen LogP contribution in [0.1, 0.15) is 55.5 Å². The lowest BCUT2D eigenvalue weighted by Gasteiger charge is -2.38. The van der Waals surface area contributed by atoms with E-state index in [1.165, 1.54) is 18.1 Å². The second-order valence-corrected chi connectivity index (χ2v) is 10.9. The number of hydrogen-bond donors (Lipinski definition) is 0. The van der Waals surface area contributed by atoms with E-state index >= 15 is 0 Å². The summed E-state index contributed by atoms with van der Waals surface area (Å²) in [6, 6.07) is 7.22. The molecule has 40 heavy (non-hydrogen) atoms. The number of anilines is 1. The number of benzene rings is 1. The van der Waals surface area contributed by atoms with Gasteiger partial charge in [0.05, 0.1) is 19.3 Å². The zero-order valence-corrected chi connectivity index (χ0v) is 22.7. The van der Waals surface area contributed by atoms with E-state index in [0.717, 1.165) is 19.9 Å². The average Bonchev–Trinajstić information content (AvgIpc) is 3.22. The maximum Gasteiger partial charge on any atom is 0.433 e. The third-order valence-electron chi connectivity index (χ3n) is 7.72. The fourth-order valence-electron chi connectivity index (χ4n) is 5.19. The number of rotatable bonds is 4. The van der Waals surface area contributed by atoms with E-state index in [-0.39, 0.29) is 30.6 Å². The number of pyridine rings is 1. The number of piperidine rings is 1. The highest BCUT2D eigenvalue weighted by Gasteiger charge is 2.52. The van der Waals surface area contributed by atoms with Crippen LogP contribution in [0, 0.1) is 0 Å². The van der Waals surface area contributed by atoms with Gasteiger partial charge in [-0.1, -0.05) is 11.6 Å². The minimum atomic E-state index is -4.59. The molecule has 2 aliphatic rings. The van der Waals surface area contributed by atoms with Crippen molar-refractivity contribution in [1.82, 2.24) is 24.6 Å². The van der Waals surface area contributed by atoms with Crippen LogP contribution in [0.25, 0.3) is 5.69 Å². The molecule has 1 aromatic carbocycles. The van der Waals surface area contributed by atoms with E-state index in [0.29, 0.717) is 53.9 Å². The predicted octanol–water partition coefficient (Wildman–Crippen LogP) is 6.38. The summed E-state index contributed by atoms with van der Waals surface area (Å²) in [5.41, 5.74) is -1.88. The molecule has 2 aliphatic heterocycles. The topological polar surface area (TPSA) is 59.3 Å². The third kappa shape index (κ3) is 5.09. The zero-order valence-electron chi connectivity index (χ0n) is 21.9. The number of fused-ring (bicyclic) bond motifs is 3. The standard InChI is InChI=1S/C26H27ClF6N6O/c1-24(2,26(31,32)33)38-13-16-12-17(27)4-5-18(16)39-21(14-38)35-36-22(39)15-8-10-37(11-9-15)23-19(40-3)6-7-20(34-23)25(28,29)30/h4-7,12,15H,8-11,13-14H2,1-3H3. The molecule has 0 radical (unpaired) electrons. The number of alkyl halides is 6. The normalized spacial score (nSPS) is 17.4. The van der Waals surface area contributed by atoms with Crippen molar-refractivity contribution < 1.29 is 31.1 Å². The Bertz CT molecular complexity index is 1400. The summed E-state index contributed by atoms with van der Waals surface area (Å²) >= 11 is 6.24. The lowest BCUT2D eigenvalue weighted by Crippen LogP contribution is -2.53. The first-order chi connectivity index (χ1) is 18.7. The molecule has 1 saturated heterocycles. The molecule has 14 heteroatoms. The number of methoxy groups -OCH3 is 1. The van der Waals surface area contributed by atoms with Crippen LogP contribution < -0.4 is 9.64 Å². The molecule has 0 spiro atoms. The second-order valence-electron chi connectivity index (χ2n) is 10.5. The van der Waals surface area contributed by atoms with Gasteiger partial charge in [0.2, 0.25) is 0 Å². The molecule has 0 unspecified atom stereocenters. The van der Waals surface area contributed by atoms with Crippen LogP contribution in [-0.4, -0.2) is 56.6 Å². The van der Waals surface area contributed by atoms with Gasteiger partial charge in [0.1, 0.15) is 17.1 Å². The fourth-order valence-corrected chi connectivity index (χ4v) is 5.39. The van der Waals surface area contributed by atoms with Crippen LogP contribution in [-0.2, 0) is 19.3 Å². The van der Waals surface area contributed by atoms with E-state index in [1.54, 1.807) is 23.1 Å². The molecular weight excluding hydrogens is 562 g/mol. The molecule has 216 valence electrons. The van der Waals surface area contributed by atoms with Crippen molar-refractivity contribution in [2.45, 2.75) is 63.6 Å². The van der Waals surface area contributed by atoms with Crippen molar-refractivity contribution in [3.8, 4) is 11.4 Å². The highest BCUT2D eigenvalue weighted by Crippen LogP contribution is 2.41. The van der Waals surface area contributed by atoms with Crippen LogP contribution in [0.3, 0.4) is 0 Å².